The van der Waals surface area contributed by atoms with Crippen LogP contribution in [0.25, 0.3) is 22.1 Å². The summed E-state index contributed by atoms with van der Waals surface area (Å²) in [7, 11) is 0. The van der Waals surface area contributed by atoms with E-state index >= 15 is 4.39 Å². The minimum absolute atomic E-state index is 0.0189. The molecule has 1 aromatic carbocycles. The number of rotatable bonds is 5. The summed E-state index contributed by atoms with van der Waals surface area (Å²) in [6.45, 7) is 3.27. The van der Waals surface area contributed by atoms with E-state index in [-0.39, 0.29) is 28.4 Å². The molecule has 0 atom stereocenters. The maximum Gasteiger partial charge on any atom is 0.251 e. The molecule has 0 bridgehead atoms. The van der Waals surface area contributed by atoms with Gasteiger partial charge in [0.05, 0.1) is 21.7 Å². The Kier molecular flexibility index (Phi) is 5.89. The summed E-state index contributed by atoms with van der Waals surface area (Å²) in [6.07, 6.45) is 3.95. The second-order valence-electron chi connectivity index (χ2n) is 8.37. The molecular weight excluding hydrogens is 451 g/mol. The number of hydrogen-bond acceptors (Lipinski definition) is 5. The van der Waals surface area contributed by atoms with Crippen LogP contribution < -0.4 is 11.3 Å². The van der Waals surface area contributed by atoms with Gasteiger partial charge in [-0.3, -0.25) is 9.59 Å². The first-order chi connectivity index (χ1) is 15.1. The van der Waals surface area contributed by atoms with Crippen LogP contribution in [-0.2, 0) is 11.2 Å². The fourth-order valence-electron chi connectivity index (χ4n) is 3.05. The third-order valence-electron chi connectivity index (χ3n) is 5.15. The van der Waals surface area contributed by atoms with Crippen molar-refractivity contribution in [2.45, 2.75) is 33.1 Å². The van der Waals surface area contributed by atoms with Crippen LogP contribution in [0.3, 0.4) is 0 Å². The van der Waals surface area contributed by atoms with Crippen molar-refractivity contribution in [2.75, 3.05) is 0 Å². The molecule has 3 aromatic rings. The van der Waals surface area contributed by atoms with Crippen molar-refractivity contribution < 1.29 is 9.18 Å². The third-order valence-corrected chi connectivity index (χ3v) is 6.40. The van der Waals surface area contributed by atoms with E-state index in [9.17, 15) is 9.59 Å². The number of nitrogens with one attached hydrogen (secondary N) is 1. The Morgan fingerprint density at radius 1 is 1.41 bits per heavy atom. The number of aromatic amines is 1. The summed E-state index contributed by atoms with van der Waals surface area (Å²) in [4.78, 5) is 36.1. The average molecular weight is 471 g/mol. The second-order valence-corrected chi connectivity index (χ2v) is 9.81. The van der Waals surface area contributed by atoms with Crippen molar-refractivity contribution in [3.05, 3.63) is 56.0 Å². The van der Waals surface area contributed by atoms with Crippen LogP contribution in [0.1, 0.15) is 37.1 Å². The zero-order valence-corrected chi connectivity index (χ0v) is 19.0. The van der Waals surface area contributed by atoms with Crippen LogP contribution in [0.2, 0.25) is 5.02 Å². The van der Waals surface area contributed by atoms with Gasteiger partial charge in [0.25, 0.3) is 5.56 Å². The monoisotopic (exact) mass is 470 g/mol. The van der Waals surface area contributed by atoms with Gasteiger partial charge in [0.1, 0.15) is 22.3 Å². The molecule has 4 rings (SSSR count). The summed E-state index contributed by atoms with van der Waals surface area (Å²) >= 11 is 7.59. The Hall–Kier alpha value is -3.02. The van der Waals surface area contributed by atoms with Gasteiger partial charge in [-0.2, -0.15) is 0 Å². The molecule has 9 heteroatoms. The minimum atomic E-state index is -0.965. The van der Waals surface area contributed by atoms with Crippen molar-refractivity contribution >= 4 is 28.8 Å². The molecular formula is C23H20ClFN4O2S. The number of benzene rings is 1. The Morgan fingerprint density at radius 3 is 2.84 bits per heavy atom. The molecule has 1 fully saturated rings. The van der Waals surface area contributed by atoms with E-state index in [1.54, 1.807) is 20.0 Å². The number of amides is 1. The van der Waals surface area contributed by atoms with Crippen LogP contribution >= 0.6 is 22.9 Å². The molecule has 32 heavy (non-hydrogen) atoms. The van der Waals surface area contributed by atoms with Crippen molar-refractivity contribution in [3.63, 3.8) is 0 Å². The van der Waals surface area contributed by atoms with Gasteiger partial charge < -0.3 is 10.7 Å². The molecule has 1 amide bonds. The van der Waals surface area contributed by atoms with Crippen LogP contribution in [-0.4, -0.2) is 20.9 Å². The molecule has 2 heterocycles. The molecule has 1 saturated carbocycles. The van der Waals surface area contributed by atoms with E-state index in [0.29, 0.717) is 16.6 Å². The minimum Gasteiger partial charge on any atom is -0.369 e. The highest BCUT2D eigenvalue weighted by Crippen LogP contribution is 2.34. The Morgan fingerprint density at radius 2 is 2.16 bits per heavy atom. The molecule has 0 aliphatic heterocycles. The molecule has 1 aliphatic carbocycles. The number of carbonyl (C=O) groups is 1. The smallest absolute Gasteiger partial charge is 0.251 e. The number of primary amides is 1. The van der Waals surface area contributed by atoms with Crippen molar-refractivity contribution in [1.82, 2.24) is 15.0 Å². The van der Waals surface area contributed by atoms with Gasteiger partial charge >= 0.3 is 0 Å². The number of H-pyrrole nitrogens is 1. The molecule has 6 nitrogen and oxygen atoms in total. The van der Waals surface area contributed by atoms with Crippen LogP contribution in [0.5, 0.6) is 0 Å². The molecule has 164 valence electrons. The lowest BCUT2D eigenvalue weighted by atomic mass is 9.84. The summed E-state index contributed by atoms with van der Waals surface area (Å²) < 4.78 is 15.4. The number of halogens is 2. The fraction of sp³-hybridized carbons (Fsp3) is 0.304. The highest BCUT2D eigenvalue weighted by molar-refractivity contribution is 7.15. The van der Waals surface area contributed by atoms with Gasteiger partial charge in [-0.05, 0) is 30.9 Å². The first-order valence-electron chi connectivity index (χ1n) is 10.0. The van der Waals surface area contributed by atoms with Crippen molar-refractivity contribution in [2.24, 2.45) is 17.1 Å². The largest absolute Gasteiger partial charge is 0.369 e. The molecule has 0 spiro atoms. The van der Waals surface area contributed by atoms with E-state index in [1.807, 2.05) is 0 Å². The molecule has 0 radical (unpaired) electrons. The lowest BCUT2D eigenvalue weighted by Gasteiger charge is -2.21. The SMILES string of the molecule is CC(C)(Cc1ccc(Cl)c(-c2nc(-c3ncc(C#CC4CC4)s3)cc(=O)[nH]2)c1F)C(N)=O. The van der Waals surface area contributed by atoms with Crippen molar-refractivity contribution in [3.8, 4) is 33.9 Å². The van der Waals surface area contributed by atoms with Gasteiger partial charge in [-0.15, -0.1) is 11.3 Å². The van der Waals surface area contributed by atoms with Crippen LogP contribution in [0, 0.1) is 29.0 Å². The van der Waals surface area contributed by atoms with E-state index in [1.165, 1.54) is 29.5 Å². The summed E-state index contributed by atoms with van der Waals surface area (Å²) in [5.74, 6) is 5.48. The standard InChI is InChI=1S/C23H20ClFN4O2S/c1-23(2,22(26)31)10-13-6-8-15(24)18(19(13)25)20-28-16(9-17(30)29-20)21-27-11-14(32-21)7-5-12-3-4-12/h6,8-9,11-12H,3-4,10H2,1-2H3,(H2,26,31)(H,28,29,30). The quantitative estimate of drug-likeness (QED) is 0.546. The molecule has 3 N–H and O–H groups in total. The number of nitrogens with two attached hydrogens (primary N) is 1. The lowest BCUT2D eigenvalue weighted by molar-refractivity contribution is -0.125. The van der Waals surface area contributed by atoms with E-state index in [2.05, 4.69) is 26.8 Å². The van der Waals surface area contributed by atoms with Crippen molar-refractivity contribution in [1.29, 1.82) is 0 Å². The van der Waals surface area contributed by atoms with Gasteiger partial charge in [0.15, 0.2) is 0 Å². The average Bonchev–Trinajstić information content (AvgIpc) is 3.43. The summed E-state index contributed by atoms with van der Waals surface area (Å²) in [5.41, 5.74) is 4.49. The third kappa shape index (κ3) is 4.74. The van der Waals surface area contributed by atoms with Gasteiger partial charge in [0, 0.05) is 17.4 Å². The highest BCUT2D eigenvalue weighted by Gasteiger charge is 2.28. The van der Waals surface area contributed by atoms with E-state index < -0.39 is 22.7 Å². The molecule has 0 unspecified atom stereocenters. The zero-order valence-electron chi connectivity index (χ0n) is 17.5. The number of nitrogens with zero attached hydrogens (tertiary/aromatic N) is 2. The van der Waals surface area contributed by atoms with E-state index in [4.69, 9.17) is 17.3 Å². The molecule has 0 saturated heterocycles. The van der Waals surface area contributed by atoms with Gasteiger partial charge in [-0.1, -0.05) is 43.4 Å². The topological polar surface area (TPSA) is 102 Å². The predicted octanol–water partition coefficient (Wildman–Crippen LogP) is 4.17. The number of thiazole rings is 1. The summed E-state index contributed by atoms with van der Waals surface area (Å²) in [5, 5.41) is 0.582. The predicted molar refractivity (Wildman–Crippen MR) is 123 cm³/mol. The maximum atomic E-state index is 15.4. The fourth-order valence-corrected chi connectivity index (χ4v) is 4.02. The van der Waals surface area contributed by atoms with Gasteiger partial charge in [0.2, 0.25) is 5.91 Å². The van der Waals surface area contributed by atoms with E-state index in [0.717, 1.165) is 17.7 Å². The first kappa shape index (κ1) is 22.2. The summed E-state index contributed by atoms with van der Waals surface area (Å²) in [6, 6.07) is 4.31. The Balaban J connectivity index is 1.74. The maximum absolute atomic E-state index is 15.4. The number of carbonyl (C=O) groups excluding carboxylic acids is 1. The van der Waals surface area contributed by atoms with Crippen LogP contribution in [0.15, 0.2) is 29.2 Å². The molecule has 2 aromatic heterocycles. The first-order valence-corrected chi connectivity index (χ1v) is 11.2. The number of hydrogen-bond donors (Lipinski definition) is 2. The van der Waals surface area contributed by atoms with Crippen LogP contribution in [0.4, 0.5) is 4.39 Å². The normalized spacial score (nSPS) is 13.5. The Bertz CT molecular complexity index is 1330. The zero-order chi connectivity index (χ0) is 23.0. The van der Waals surface area contributed by atoms with Gasteiger partial charge in [-0.25, -0.2) is 14.4 Å². The second kappa shape index (κ2) is 8.49. The molecule has 1 aliphatic rings. The lowest BCUT2D eigenvalue weighted by Crippen LogP contribution is -2.33. The Labute approximate surface area is 193 Å². The number of aromatic nitrogens is 3. The highest BCUT2D eigenvalue weighted by atomic mass is 35.5.